The average Bonchev–Trinajstić information content (AvgIpc) is 3.34. The van der Waals surface area contributed by atoms with Crippen LogP contribution in [0.4, 0.5) is 11.6 Å². The van der Waals surface area contributed by atoms with Crippen molar-refractivity contribution in [2.24, 2.45) is 0 Å². The Balaban J connectivity index is 1.45. The Morgan fingerprint density at radius 2 is 1.68 bits per heavy atom. The molecule has 3 aromatic carbocycles. The van der Waals surface area contributed by atoms with Crippen molar-refractivity contribution in [3.63, 3.8) is 0 Å². The number of aryl methyl sites for hydroxylation is 2. The van der Waals surface area contributed by atoms with Crippen molar-refractivity contribution >= 4 is 35.1 Å². The number of allylic oxidation sites excluding steroid dienone is 1. The number of aromatic nitrogens is 3. The van der Waals surface area contributed by atoms with E-state index >= 15 is 0 Å². The fourth-order valence-electron chi connectivity index (χ4n) is 4.40. The van der Waals surface area contributed by atoms with E-state index in [2.05, 4.69) is 34.7 Å². The highest BCUT2D eigenvalue weighted by Gasteiger charge is 2.34. The number of hydrogen-bond acceptors (Lipinski definition) is 6. The number of hydrogen-bond donors (Lipinski definition) is 2. The van der Waals surface area contributed by atoms with Gasteiger partial charge in [0, 0.05) is 16.9 Å². The van der Waals surface area contributed by atoms with Gasteiger partial charge in [0.25, 0.3) is 5.91 Å². The number of nitrogens with one attached hydrogen (secondary N) is 2. The van der Waals surface area contributed by atoms with Crippen LogP contribution >= 0.6 is 11.8 Å². The van der Waals surface area contributed by atoms with Crippen molar-refractivity contribution in [1.82, 2.24) is 14.8 Å². The summed E-state index contributed by atoms with van der Waals surface area (Å²) in [5.41, 5.74) is 5.89. The van der Waals surface area contributed by atoms with E-state index in [1.165, 1.54) is 17.3 Å². The molecule has 1 unspecified atom stereocenters. The molecule has 4 aromatic rings. The molecule has 0 aliphatic carbocycles. The van der Waals surface area contributed by atoms with Crippen LogP contribution in [0.3, 0.4) is 0 Å². The zero-order valence-electron chi connectivity index (χ0n) is 21.6. The number of carbonyl (C=O) groups is 2. The van der Waals surface area contributed by atoms with E-state index in [0.717, 1.165) is 17.5 Å². The Bertz CT molecular complexity index is 1490. The lowest BCUT2D eigenvalue weighted by Crippen LogP contribution is -2.31. The fourth-order valence-corrected chi connectivity index (χ4v) is 5.13. The molecule has 1 amide bonds. The van der Waals surface area contributed by atoms with E-state index < -0.39 is 6.04 Å². The van der Waals surface area contributed by atoms with Crippen LogP contribution in [0, 0.1) is 6.92 Å². The molecule has 5 rings (SSSR count). The van der Waals surface area contributed by atoms with Gasteiger partial charge in [-0.2, -0.15) is 4.98 Å². The molecule has 0 saturated carbocycles. The van der Waals surface area contributed by atoms with Crippen molar-refractivity contribution in [2.75, 3.05) is 16.4 Å². The summed E-state index contributed by atoms with van der Waals surface area (Å²) < 4.78 is 1.74. The lowest BCUT2D eigenvalue weighted by molar-refractivity contribution is -0.113. The lowest BCUT2D eigenvalue weighted by atomic mass is 9.94. The van der Waals surface area contributed by atoms with Gasteiger partial charge in [-0.3, -0.25) is 9.59 Å². The van der Waals surface area contributed by atoms with Gasteiger partial charge in [0.2, 0.25) is 11.1 Å². The maximum Gasteiger partial charge on any atom is 0.255 e. The Morgan fingerprint density at radius 3 is 2.37 bits per heavy atom. The van der Waals surface area contributed by atoms with Gasteiger partial charge in [-0.15, -0.1) is 5.10 Å². The first-order valence-electron chi connectivity index (χ1n) is 12.5. The summed E-state index contributed by atoms with van der Waals surface area (Å²) in [5.74, 6) is 0.555. The Hall–Kier alpha value is -4.17. The van der Waals surface area contributed by atoms with Gasteiger partial charge in [0.15, 0.2) is 5.78 Å². The first-order chi connectivity index (χ1) is 18.4. The predicted octanol–water partition coefficient (Wildman–Crippen LogP) is 6.05. The molecule has 0 radical (unpaired) electrons. The second-order valence-corrected chi connectivity index (χ2v) is 10.2. The third-order valence-electron chi connectivity index (χ3n) is 6.52. The summed E-state index contributed by atoms with van der Waals surface area (Å²) in [5, 5.41) is 11.5. The highest BCUT2D eigenvalue weighted by molar-refractivity contribution is 7.99. The van der Waals surface area contributed by atoms with Crippen molar-refractivity contribution in [1.29, 1.82) is 0 Å². The standard InChI is InChI=1S/C30H29N5O2S/c1-4-21-12-16-23(17-13-21)27-26(28(37)32-24-8-6-5-7-9-24)20(3)31-29-33-30(34-35(27)29)38-18-25(36)22-14-10-19(2)11-15-22/h5-17,27H,4,18H2,1-3H3,(H,32,37)(H,31,33,34). The molecule has 0 fully saturated rings. The van der Waals surface area contributed by atoms with Crippen LogP contribution in [0.5, 0.6) is 0 Å². The van der Waals surface area contributed by atoms with Gasteiger partial charge in [0.05, 0.1) is 11.3 Å². The Kier molecular flexibility index (Phi) is 7.42. The largest absolute Gasteiger partial charge is 0.328 e. The summed E-state index contributed by atoms with van der Waals surface area (Å²) in [6.07, 6.45) is 0.924. The zero-order chi connectivity index (χ0) is 26.6. The molecule has 7 nitrogen and oxygen atoms in total. The molecular formula is C30H29N5O2S. The monoisotopic (exact) mass is 523 g/mol. The molecule has 1 atom stereocenters. The number of benzene rings is 3. The first-order valence-corrected chi connectivity index (χ1v) is 13.5. The van der Waals surface area contributed by atoms with Gasteiger partial charge < -0.3 is 10.6 Å². The molecule has 192 valence electrons. The maximum atomic E-state index is 13.6. The first kappa shape index (κ1) is 25.5. The molecular weight excluding hydrogens is 494 g/mol. The van der Waals surface area contributed by atoms with E-state index in [1.807, 2.05) is 80.6 Å². The normalized spacial score (nSPS) is 14.6. The molecule has 1 aliphatic rings. The lowest BCUT2D eigenvalue weighted by Gasteiger charge is -2.28. The molecule has 0 bridgehead atoms. The minimum atomic E-state index is -0.476. The Morgan fingerprint density at radius 1 is 0.974 bits per heavy atom. The SMILES string of the molecule is CCc1ccc(C2C(C(=O)Nc3ccccc3)=C(C)Nc3nc(SCC(=O)c4ccc(C)cc4)nn32)cc1. The minimum Gasteiger partial charge on any atom is -0.328 e. The number of amides is 1. The van der Waals surface area contributed by atoms with Crippen molar-refractivity contribution in [2.45, 2.75) is 38.4 Å². The van der Waals surface area contributed by atoms with Crippen LogP contribution in [-0.2, 0) is 11.2 Å². The van der Waals surface area contributed by atoms with E-state index in [-0.39, 0.29) is 17.4 Å². The number of carbonyl (C=O) groups excluding carboxylic acids is 2. The molecule has 8 heteroatoms. The summed E-state index contributed by atoms with van der Waals surface area (Å²) in [6, 6.07) is 24.7. The van der Waals surface area contributed by atoms with Crippen molar-refractivity contribution in [3.05, 3.63) is 112 Å². The number of fused-ring (bicyclic) bond motifs is 1. The fraction of sp³-hybridized carbons (Fsp3) is 0.200. The third-order valence-corrected chi connectivity index (χ3v) is 7.36. The minimum absolute atomic E-state index is 0.0136. The van der Waals surface area contributed by atoms with E-state index in [4.69, 9.17) is 5.10 Å². The molecule has 1 aliphatic heterocycles. The number of ketones is 1. The number of rotatable bonds is 8. The van der Waals surface area contributed by atoms with Crippen LogP contribution in [0.1, 0.15) is 46.9 Å². The van der Waals surface area contributed by atoms with Crippen LogP contribution in [0.15, 0.2) is 95.3 Å². The van der Waals surface area contributed by atoms with Crippen molar-refractivity contribution in [3.8, 4) is 0 Å². The van der Waals surface area contributed by atoms with Gasteiger partial charge in [-0.25, -0.2) is 4.68 Å². The van der Waals surface area contributed by atoms with Gasteiger partial charge in [-0.05, 0) is 43.5 Å². The van der Waals surface area contributed by atoms with Gasteiger partial charge in [-0.1, -0.05) is 91.0 Å². The molecule has 0 spiro atoms. The second kappa shape index (κ2) is 11.1. The number of Topliss-reactive ketones (excluding diaryl/α,β-unsaturated/α-hetero) is 1. The van der Waals surface area contributed by atoms with E-state index in [9.17, 15) is 9.59 Å². The van der Waals surface area contributed by atoms with Crippen LogP contribution in [0.25, 0.3) is 0 Å². The second-order valence-electron chi connectivity index (χ2n) is 9.22. The van der Waals surface area contributed by atoms with Crippen LogP contribution < -0.4 is 10.6 Å². The summed E-state index contributed by atoms with van der Waals surface area (Å²) >= 11 is 1.29. The third kappa shape index (κ3) is 5.40. The molecule has 2 N–H and O–H groups in total. The van der Waals surface area contributed by atoms with Crippen molar-refractivity contribution < 1.29 is 9.59 Å². The summed E-state index contributed by atoms with van der Waals surface area (Å²) in [6.45, 7) is 5.98. The quantitative estimate of drug-likeness (QED) is 0.216. The highest BCUT2D eigenvalue weighted by atomic mass is 32.2. The highest BCUT2D eigenvalue weighted by Crippen LogP contribution is 2.37. The summed E-state index contributed by atoms with van der Waals surface area (Å²) in [7, 11) is 0. The molecule has 38 heavy (non-hydrogen) atoms. The predicted molar refractivity (Wildman–Crippen MR) is 152 cm³/mol. The van der Waals surface area contributed by atoms with Gasteiger partial charge >= 0.3 is 0 Å². The topological polar surface area (TPSA) is 88.9 Å². The molecule has 2 heterocycles. The van der Waals surface area contributed by atoms with Crippen LogP contribution in [-0.4, -0.2) is 32.2 Å². The number of anilines is 2. The summed E-state index contributed by atoms with van der Waals surface area (Å²) in [4.78, 5) is 31.0. The zero-order valence-corrected chi connectivity index (χ0v) is 22.4. The molecule has 1 aromatic heterocycles. The maximum absolute atomic E-state index is 13.6. The number of thioether (sulfide) groups is 1. The van der Waals surface area contributed by atoms with Gasteiger partial charge in [0.1, 0.15) is 6.04 Å². The van der Waals surface area contributed by atoms with E-state index in [1.54, 1.807) is 4.68 Å². The van der Waals surface area contributed by atoms with E-state index in [0.29, 0.717) is 33.6 Å². The Labute approximate surface area is 226 Å². The average molecular weight is 524 g/mol. The number of para-hydroxylation sites is 1. The molecule has 0 saturated heterocycles. The smallest absolute Gasteiger partial charge is 0.255 e. The number of nitrogens with zero attached hydrogens (tertiary/aromatic N) is 3. The van der Waals surface area contributed by atoms with Crippen LogP contribution in [0.2, 0.25) is 0 Å².